The first kappa shape index (κ1) is 10.8. The molecule has 0 amide bonds. The second-order valence-electron chi connectivity index (χ2n) is 4.36. The Balaban J connectivity index is 1.94. The molecule has 1 aromatic rings. The quantitative estimate of drug-likeness (QED) is 0.762. The highest BCUT2D eigenvalue weighted by Gasteiger charge is 2.14. The fraction of sp³-hybridized carbons (Fsp3) is 0.357. The molecule has 2 heteroatoms. The van der Waals surface area contributed by atoms with E-state index in [1.54, 1.807) is 0 Å². The van der Waals surface area contributed by atoms with Gasteiger partial charge in [-0.3, -0.25) is 0 Å². The van der Waals surface area contributed by atoms with Crippen molar-refractivity contribution in [1.29, 1.82) is 5.26 Å². The van der Waals surface area contributed by atoms with Crippen molar-refractivity contribution in [3.8, 4) is 6.07 Å². The second kappa shape index (κ2) is 4.85. The number of nitrogens with one attached hydrogen (secondary N) is 1. The highest BCUT2D eigenvalue weighted by Crippen LogP contribution is 2.24. The van der Waals surface area contributed by atoms with Gasteiger partial charge in [-0.15, -0.1) is 0 Å². The van der Waals surface area contributed by atoms with Gasteiger partial charge in [-0.1, -0.05) is 12.2 Å². The van der Waals surface area contributed by atoms with E-state index in [0.29, 0.717) is 11.6 Å². The van der Waals surface area contributed by atoms with Gasteiger partial charge in [0.2, 0.25) is 0 Å². The largest absolute Gasteiger partial charge is 0.382 e. The maximum Gasteiger partial charge on any atom is 0.0991 e. The van der Waals surface area contributed by atoms with Crippen LogP contribution in [0, 0.1) is 11.3 Å². The average molecular weight is 212 g/mol. The summed E-state index contributed by atoms with van der Waals surface area (Å²) in [5.41, 5.74) is 3.19. The molecule has 2 nitrogen and oxygen atoms in total. The Morgan fingerprint density at radius 3 is 2.38 bits per heavy atom. The van der Waals surface area contributed by atoms with E-state index in [1.807, 2.05) is 24.3 Å². The smallest absolute Gasteiger partial charge is 0.0991 e. The van der Waals surface area contributed by atoms with Gasteiger partial charge in [0, 0.05) is 11.7 Å². The van der Waals surface area contributed by atoms with E-state index < -0.39 is 0 Å². The van der Waals surface area contributed by atoms with E-state index in [4.69, 9.17) is 5.26 Å². The molecular weight excluding hydrogens is 196 g/mol. The molecule has 0 radical (unpaired) electrons. The maximum atomic E-state index is 8.70. The standard InChI is InChI=1S/C14H16N2/c1-11-2-6-13(7-3-11)16-14-8-4-12(10-15)5-9-14/h4-5,8-9,13,16H,1-3,6-7H2. The predicted octanol–water partition coefficient (Wildman–Crippen LogP) is 3.47. The van der Waals surface area contributed by atoms with Crippen LogP contribution in [0.25, 0.3) is 0 Å². The Kier molecular flexibility index (Phi) is 3.26. The number of nitrogens with zero attached hydrogens (tertiary/aromatic N) is 1. The molecule has 0 aromatic heterocycles. The molecule has 0 heterocycles. The molecule has 1 aliphatic rings. The normalized spacial score (nSPS) is 16.8. The molecule has 0 spiro atoms. The van der Waals surface area contributed by atoms with Crippen molar-refractivity contribution in [3.05, 3.63) is 42.0 Å². The van der Waals surface area contributed by atoms with E-state index in [9.17, 15) is 0 Å². The zero-order chi connectivity index (χ0) is 11.4. The highest BCUT2D eigenvalue weighted by atomic mass is 14.9. The third-order valence-corrected chi connectivity index (χ3v) is 3.08. The van der Waals surface area contributed by atoms with Crippen molar-refractivity contribution in [2.24, 2.45) is 0 Å². The van der Waals surface area contributed by atoms with Crippen molar-refractivity contribution in [3.63, 3.8) is 0 Å². The molecule has 2 rings (SSSR count). The molecule has 1 aliphatic carbocycles. The lowest BCUT2D eigenvalue weighted by Crippen LogP contribution is -2.22. The lowest BCUT2D eigenvalue weighted by Gasteiger charge is -2.25. The van der Waals surface area contributed by atoms with Gasteiger partial charge in [-0.2, -0.15) is 5.26 Å². The lowest BCUT2D eigenvalue weighted by atomic mass is 9.92. The SMILES string of the molecule is C=C1CCC(Nc2ccc(C#N)cc2)CC1. The topological polar surface area (TPSA) is 35.8 Å². The van der Waals surface area contributed by atoms with Crippen LogP contribution in [0.3, 0.4) is 0 Å². The first-order chi connectivity index (χ1) is 7.78. The third-order valence-electron chi connectivity index (χ3n) is 3.08. The van der Waals surface area contributed by atoms with Crippen LogP contribution in [0.4, 0.5) is 5.69 Å². The summed E-state index contributed by atoms with van der Waals surface area (Å²) in [5.74, 6) is 0. The van der Waals surface area contributed by atoms with Gasteiger partial charge in [0.05, 0.1) is 11.6 Å². The second-order valence-corrected chi connectivity index (χ2v) is 4.36. The minimum Gasteiger partial charge on any atom is -0.382 e. The number of anilines is 1. The summed E-state index contributed by atoms with van der Waals surface area (Å²) in [6.45, 7) is 4.01. The van der Waals surface area contributed by atoms with E-state index in [1.165, 1.54) is 18.4 Å². The minimum atomic E-state index is 0.554. The monoisotopic (exact) mass is 212 g/mol. The van der Waals surface area contributed by atoms with Crippen LogP contribution in [0.5, 0.6) is 0 Å². The van der Waals surface area contributed by atoms with Crippen molar-refractivity contribution < 1.29 is 0 Å². The van der Waals surface area contributed by atoms with Gasteiger partial charge in [0.15, 0.2) is 0 Å². The van der Waals surface area contributed by atoms with Crippen LogP contribution in [0.15, 0.2) is 36.4 Å². The van der Waals surface area contributed by atoms with Crippen LogP contribution in [-0.4, -0.2) is 6.04 Å². The highest BCUT2D eigenvalue weighted by molar-refractivity contribution is 5.47. The van der Waals surface area contributed by atoms with Crippen molar-refractivity contribution in [2.75, 3.05) is 5.32 Å². The molecule has 1 aromatic carbocycles. The zero-order valence-electron chi connectivity index (χ0n) is 9.37. The number of nitriles is 1. The molecule has 1 saturated carbocycles. The molecule has 0 unspecified atom stereocenters. The van der Waals surface area contributed by atoms with E-state index in [2.05, 4.69) is 18.0 Å². The van der Waals surface area contributed by atoms with Crippen LogP contribution < -0.4 is 5.32 Å². The van der Waals surface area contributed by atoms with E-state index in [-0.39, 0.29) is 0 Å². The minimum absolute atomic E-state index is 0.554. The van der Waals surface area contributed by atoms with Crippen molar-refractivity contribution in [2.45, 2.75) is 31.7 Å². The fourth-order valence-electron chi connectivity index (χ4n) is 2.05. The van der Waals surface area contributed by atoms with Crippen LogP contribution in [0.1, 0.15) is 31.2 Å². The van der Waals surface area contributed by atoms with Gasteiger partial charge in [0.1, 0.15) is 0 Å². The van der Waals surface area contributed by atoms with Crippen molar-refractivity contribution in [1.82, 2.24) is 0 Å². The third kappa shape index (κ3) is 2.64. The molecule has 0 atom stereocenters. The van der Waals surface area contributed by atoms with Crippen LogP contribution in [0.2, 0.25) is 0 Å². The van der Waals surface area contributed by atoms with Crippen molar-refractivity contribution >= 4 is 5.69 Å². The Morgan fingerprint density at radius 1 is 1.19 bits per heavy atom. The zero-order valence-corrected chi connectivity index (χ0v) is 9.37. The van der Waals surface area contributed by atoms with Gasteiger partial charge in [-0.25, -0.2) is 0 Å². The average Bonchev–Trinajstić information content (AvgIpc) is 2.33. The fourth-order valence-corrected chi connectivity index (χ4v) is 2.05. The summed E-state index contributed by atoms with van der Waals surface area (Å²) in [6.07, 6.45) is 4.60. The van der Waals surface area contributed by atoms with Gasteiger partial charge in [0.25, 0.3) is 0 Å². The molecule has 0 bridgehead atoms. The number of hydrogen-bond donors (Lipinski definition) is 1. The van der Waals surface area contributed by atoms with Gasteiger partial charge in [-0.05, 0) is 49.9 Å². The van der Waals surface area contributed by atoms with Crippen LogP contribution in [-0.2, 0) is 0 Å². The lowest BCUT2D eigenvalue weighted by molar-refractivity contribution is 0.541. The Hall–Kier alpha value is -1.75. The summed E-state index contributed by atoms with van der Waals surface area (Å²) in [5, 5.41) is 12.2. The molecule has 1 fully saturated rings. The number of benzene rings is 1. The molecule has 82 valence electrons. The summed E-state index contributed by atoms with van der Waals surface area (Å²) in [4.78, 5) is 0. The summed E-state index contributed by atoms with van der Waals surface area (Å²) in [7, 11) is 0. The Morgan fingerprint density at radius 2 is 1.81 bits per heavy atom. The van der Waals surface area contributed by atoms with Gasteiger partial charge < -0.3 is 5.32 Å². The molecule has 16 heavy (non-hydrogen) atoms. The summed E-state index contributed by atoms with van der Waals surface area (Å²) >= 11 is 0. The number of hydrogen-bond acceptors (Lipinski definition) is 2. The van der Waals surface area contributed by atoms with Crippen LogP contribution >= 0.6 is 0 Å². The van der Waals surface area contributed by atoms with E-state index in [0.717, 1.165) is 18.5 Å². The molecule has 0 saturated heterocycles. The Labute approximate surface area is 96.6 Å². The maximum absolute atomic E-state index is 8.70. The summed E-state index contributed by atoms with van der Waals surface area (Å²) in [6, 6.07) is 10.3. The molecule has 1 N–H and O–H groups in total. The summed E-state index contributed by atoms with van der Waals surface area (Å²) < 4.78 is 0. The number of allylic oxidation sites excluding steroid dienone is 1. The number of rotatable bonds is 2. The first-order valence-corrected chi connectivity index (χ1v) is 5.71. The first-order valence-electron chi connectivity index (χ1n) is 5.71. The molecular formula is C14H16N2. The van der Waals surface area contributed by atoms with Gasteiger partial charge >= 0.3 is 0 Å². The predicted molar refractivity (Wildman–Crippen MR) is 66.2 cm³/mol. The Bertz CT molecular complexity index is 401. The van der Waals surface area contributed by atoms with E-state index >= 15 is 0 Å². The molecule has 0 aliphatic heterocycles.